The second-order valence-corrected chi connectivity index (χ2v) is 11.0. The van der Waals surface area contributed by atoms with E-state index in [9.17, 15) is 4.79 Å². The first-order chi connectivity index (χ1) is 8.12. The fraction of sp³-hybridized carbons (Fsp3) is 0.786. The Morgan fingerprint density at radius 1 is 1.28 bits per heavy atom. The summed E-state index contributed by atoms with van der Waals surface area (Å²) >= 11 is 0. The van der Waals surface area contributed by atoms with E-state index >= 15 is 0 Å². The molecule has 0 aromatic carbocycles. The van der Waals surface area contributed by atoms with Gasteiger partial charge in [-0.25, -0.2) is 4.79 Å². The van der Waals surface area contributed by atoms with Crippen molar-refractivity contribution >= 4 is 14.3 Å². The van der Waals surface area contributed by atoms with Gasteiger partial charge in [0.2, 0.25) is 0 Å². The smallest absolute Gasteiger partial charge is 0.331 e. The first-order valence-electron chi connectivity index (χ1n) is 6.64. The highest BCUT2D eigenvalue weighted by molar-refractivity contribution is 6.74. The average molecular weight is 272 g/mol. The molecule has 0 radical (unpaired) electrons. The van der Waals surface area contributed by atoms with Gasteiger partial charge in [-0.05, 0) is 44.3 Å². The Kier molecular flexibility index (Phi) is 6.85. The summed E-state index contributed by atoms with van der Waals surface area (Å²) in [5.74, 6) is -0.803. The molecule has 4 heteroatoms. The summed E-state index contributed by atoms with van der Waals surface area (Å²) in [5.41, 5.74) is 0.502. The molecule has 0 saturated carbocycles. The molecule has 0 aromatic heterocycles. The molecular weight excluding hydrogens is 244 g/mol. The molecule has 0 rings (SSSR count). The minimum atomic E-state index is -1.64. The highest BCUT2D eigenvalue weighted by Crippen LogP contribution is 2.36. The van der Waals surface area contributed by atoms with Gasteiger partial charge in [0.15, 0.2) is 8.32 Å². The zero-order valence-corrected chi connectivity index (χ0v) is 13.7. The van der Waals surface area contributed by atoms with E-state index in [4.69, 9.17) is 9.53 Å². The van der Waals surface area contributed by atoms with E-state index in [1.165, 1.54) is 0 Å². The predicted octanol–water partition coefficient (Wildman–Crippen LogP) is 4.21. The van der Waals surface area contributed by atoms with Crippen LogP contribution in [0.15, 0.2) is 11.6 Å². The minimum absolute atomic E-state index is 0.239. The van der Waals surface area contributed by atoms with Crippen LogP contribution in [-0.2, 0) is 9.22 Å². The third-order valence-electron chi connectivity index (χ3n) is 3.73. The van der Waals surface area contributed by atoms with Crippen molar-refractivity contribution in [2.24, 2.45) is 0 Å². The van der Waals surface area contributed by atoms with Crippen molar-refractivity contribution in [1.82, 2.24) is 0 Å². The largest absolute Gasteiger partial charge is 0.478 e. The number of hydrogen-bond acceptors (Lipinski definition) is 2. The fourth-order valence-electron chi connectivity index (χ4n) is 1.34. The summed E-state index contributed by atoms with van der Waals surface area (Å²) in [6.45, 7) is 13.7. The second-order valence-electron chi connectivity index (χ2n) is 6.18. The van der Waals surface area contributed by atoms with Gasteiger partial charge in [0.1, 0.15) is 0 Å². The van der Waals surface area contributed by atoms with Crippen LogP contribution >= 0.6 is 0 Å². The van der Waals surface area contributed by atoms with Crippen LogP contribution in [0, 0.1) is 0 Å². The standard InChI is InChI=1S/C14H28O3Si/c1-7-12(13(15)16)10-8-9-11-17-18(5,6)14(2,3)4/h7H,8-11H2,1-6H3,(H,15,16). The van der Waals surface area contributed by atoms with E-state index in [0.29, 0.717) is 12.0 Å². The van der Waals surface area contributed by atoms with Gasteiger partial charge in [-0.15, -0.1) is 0 Å². The number of allylic oxidation sites excluding steroid dienone is 1. The van der Waals surface area contributed by atoms with E-state index < -0.39 is 14.3 Å². The Hall–Kier alpha value is -0.613. The lowest BCUT2D eigenvalue weighted by molar-refractivity contribution is -0.132. The van der Waals surface area contributed by atoms with Crippen LogP contribution in [0.4, 0.5) is 0 Å². The first-order valence-corrected chi connectivity index (χ1v) is 9.55. The van der Waals surface area contributed by atoms with Crippen LogP contribution < -0.4 is 0 Å². The molecular formula is C14H28O3Si. The van der Waals surface area contributed by atoms with Crippen LogP contribution in [0.3, 0.4) is 0 Å². The van der Waals surface area contributed by atoms with Gasteiger partial charge in [-0.1, -0.05) is 26.8 Å². The molecule has 0 bridgehead atoms. The molecule has 3 nitrogen and oxygen atoms in total. The molecule has 0 aliphatic rings. The third-order valence-corrected chi connectivity index (χ3v) is 8.27. The Bertz CT molecular complexity index is 301. The first kappa shape index (κ1) is 17.4. The lowest BCUT2D eigenvalue weighted by Crippen LogP contribution is -2.40. The van der Waals surface area contributed by atoms with Crippen molar-refractivity contribution in [2.75, 3.05) is 6.61 Å². The highest BCUT2D eigenvalue weighted by Gasteiger charge is 2.36. The zero-order chi connectivity index (χ0) is 14.4. The number of carboxylic acid groups (broad SMARTS) is 1. The lowest BCUT2D eigenvalue weighted by atomic mass is 10.1. The van der Waals surface area contributed by atoms with Gasteiger partial charge >= 0.3 is 5.97 Å². The van der Waals surface area contributed by atoms with Crippen molar-refractivity contribution in [1.29, 1.82) is 0 Å². The van der Waals surface area contributed by atoms with E-state index in [-0.39, 0.29) is 5.04 Å². The summed E-state index contributed by atoms with van der Waals surface area (Å²) in [4.78, 5) is 10.8. The number of rotatable bonds is 7. The maximum Gasteiger partial charge on any atom is 0.331 e. The van der Waals surface area contributed by atoms with Crippen molar-refractivity contribution < 1.29 is 14.3 Å². The summed E-state index contributed by atoms with van der Waals surface area (Å²) in [6, 6.07) is 0. The number of hydrogen-bond donors (Lipinski definition) is 1. The Balaban J connectivity index is 3.92. The van der Waals surface area contributed by atoms with Crippen LogP contribution in [0.5, 0.6) is 0 Å². The van der Waals surface area contributed by atoms with E-state index in [2.05, 4.69) is 33.9 Å². The number of carboxylic acids is 1. The quantitative estimate of drug-likeness (QED) is 0.429. The van der Waals surface area contributed by atoms with E-state index in [1.54, 1.807) is 13.0 Å². The molecule has 0 aromatic rings. The van der Waals surface area contributed by atoms with Crippen molar-refractivity contribution in [3.63, 3.8) is 0 Å². The zero-order valence-electron chi connectivity index (χ0n) is 12.7. The number of carbonyl (C=O) groups is 1. The monoisotopic (exact) mass is 272 g/mol. The lowest BCUT2D eigenvalue weighted by Gasteiger charge is -2.36. The van der Waals surface area contributed by atoms with Gasteiger partial charge in [0.05, 0.1) is 0 Å². The van der Waals surface area contributed by atoms with Crippen LogP contribution in [0.2, 0.25) is 18.1 Å². The summed E-state index contributed by atoms with van der Waals surface area (Å²) in [7, 11) is -1.64. The van der Waals surface area contributed by atoms with Crippen molar-refractivity contribution in [3.8, 4) is 0 Å². The van der Waals surface area contributed by atoms with Crippen LogP contribution in [0.25, 0.3) is 0 Å². The second kappa shape index (κ2) is 7.09. The number of unbranched alkanes of at least 4 members (excludes halogenated alkanes) is 1. The Morgan fingerprint density at radius 2 is 1.83 bits per heavy atom. The maximum atomic E-state index is 10.8. The van der Waals surface area contributed by atoms with Gasteiger partial charge in [0, 0.05) is 12.2 Å². The van der Waals surface area contributed by atoms with Gasteiger partial charge < -0.3 is 9.53 Å². The molecule has 1 N–H and O–H groups in total. The molecule has 106 valence electrons. The Labute approximate surface area is 112 Å². The summed E-state index contributed by atoms with van der Waals surface area (Å²) in [5, 5.41) is 9.11. The van der Waals surface area contributed by atoms with Gasteiger partial charge in [0.25, 0.3) is 0 Å². The molecule has 18 heavy (non-hydrogen) atoms. The maximum absolute atomic E-state index is 10.8. The third kappa shape index (κ3) is 5.82. The van der Waals surface area contributed by atoms with E-state index in [1.807, 2.05) is 0 Å². The average Bonchev–Trinajstić information content (AvgIpc) is 2.20. The molecule has 0 fully saturated rings. The minimum Gasteiger partial charge on any atom is -0.478 e. The predicted molar refractivity (Wildman–Crippen MR) is 78.4 cm³/mol. The van der Waals surface area contributed by atoms with Crippen LogP contribution in [0.1, 0.15) is 47.0 Å². The number of aliphatic carboxylic acids is 1. The molecule has 0 saturated heterocycles. The Morgan fingerprint density at radius 3 is 2.22 bits per heavy atom. The van der Waals surface area contributed by atoms with Crippen LogP contribution in [-0.4, -0.2) is 26.0 Å². The normalized spacial score (nSPS) is 13.8. The SMILES string of the molecule is CC=C(CCCCO[Si](C)(C)C(C)(C)C)C(=O)O. The molecule has 0 unspecified atom stereocenters. The van der Waals surface area contributed by atoms with Gasteiger partial charge in [-0.2, -0.15) is 0 Å². The molecule has 0 aliphatic heterocycles. The molecule has 0 aliphatic carbocycles. The molecule has 0 spiro atoms. The van der Waals surface area contributed by atoms with Gasteiger partial charge in [-0.3, -0.25) is 0 Å². The fourth-order valence-corrected chi connectivity index (χ4v) is 2.42. The van der Waals surface area contributed by atoms with Crippen molar-refractivity contribution in [2.45, 2.75) is 65.1 Å². The molecule has 0 heterocycles. The topological polar surface area (TPSA) is 46.5 Å². The highest BCUT2D eigenvalue weighted by atomic mass is 28.4. The van der Waals surface area contributed by atoms with Crippen molar-refractivity contribution in [3.05, 3.63) is 11.6 Å². The molecule has 0 amide bonds. The summed E-state index contributed by atoms with van der Waals surface area (Å²) < 4.78 is 6.04. The summed E-state index contributed by atoms with van der Waals surface area (Å²) in [6.07, 6.45) is 4.11. The molecule has 0 atom stereocenters. The van der Waals surface area contributed by atoms with E-state index in [0.717, 1.165) is 19.4 Å².